The molecule has 0 unspecified atom stereocenters. The quantitative estimate of drug-likeness (QED) is 0.870. The summed E-state index contributed by atoms with van der Waals surface area (Å²) in [4.78, 5) is 26.6. The van der Waals surface area contributed by atoms with E-state index in [1.165, 1.54) is 16.7 Å². The normalized spacial score (nSPS) is 16.8. The number of rotatable bonds is 4. The zero-order valence-electron chi connectivity index (χ0n) is 10.2. The molecule has 6 nitrogen and oxygen atoms in total. The topological polar surface area (TPSA) is 103 Å². The number of aromatic nitrogens is 1. The molecule has 1 aromatic rings. The largest absolute Gasteiger partial charge is 0.476 e. The maximum atomic E-state index is 12.0. The van der Waals surface area contributed by atoms with E-state index in [0.717, 1.165) is 12.8 Å². The molecule has 1 amide bonds. The summed E-state index contributed by atoms with van der Waals surface area (Å²) in [6, 6.07) is 2.11. The standard InChI is InChI=1S/C12H13N3O3S/c13-7-12(3-1-2-4-12)11(18)14-5-9-15-8(6-19-9)10(16)17/h6H,1-5H2,(H,14,18)(H,16,17). The summed E-state index contributed by atoms with van der Waals surface area (Å²) in [5.74, 6) is -1.36. The van der Waals surface area contributed by atoms with Gasteiger partial charge >= 0.3 is 5.97 Å². The van der Waals surface area contributed by atoms with Gasteiger partial charge in [-0.2, -0.15) is 5.26 Å². The number of carbonyl (C=O) groups is 2. The molecule has 0 saturated heterocycles. The number of nitrogens with one attached hydrogen (secondary N) is 1. The second kappa shape index (κ2) is 5.36. The van der Waals surface area contributed by atoms with Crippen LogP contribution in [0, 0.1) is 16.7 Å². The molecule has 2 N–H and O–H groups in total. The van der Waals surface area contributed by atoms with Gasteiger partial charge in [0.15, 0.2) is 5.69 Å². The molecule has 0 aromatic carbocycles. The Balaban J connectivity index is 1.96. The van der Waals surface area contributed by atoms with Gasteiger partial charge in [0.2, 0.25) is 5.91 Å². The molecule has 100 valence electrons. The number of hydrogen-bond donors (Lipinski definition) is 2. The van der Waals surface area contributed by atoms with E-state index in [4.69, 9.17) is 10.4 Å². The molecule has 7 heteroatoms. The van der Waals surface area contributed by atoms with Crippen LogP contribution in [0.1, 0.15) is 41.2 Å². The van der Waals surface area contributed by atoms with Gasteiger partial charge < -0.3 is 10.4 Å². The SMILES string of the molecule is N#CC1(C(=O)NCc2nc(C(=O)O)cs2)CCCC1. The number of carboxylic acids is 1. The average molecular weight is 279 g/mol. The predicted molar refractivity (Wildman–Crippen MR) is 67.4 cm³/mol. The zero-order chi connectivity index (χ0) is 13.9. The summed E-state index contributed by atoms with van der Waals surface area (Å²) < 4.78 is 0. The van der Waals surface area contributed by atoms with E-state index in [0.29, 0.717) is 17.8 Å². The van der Waals surface area contributed by atoms with Crippen LogP contribution in [0.25, 0.3) is 0 Å². The van der Waals surface area contributed by atoms with Gasteiger partial charge in [0.1, 0.15) is 10.4 Å². The average Bonchev–Trinajstić information content (AvgIpc) is 3.05. The van der Waals surface area contributed by atoms with Crippen LogP contribution < -0.4 is 5.32 Å². The fourth-order valence-electron chi connectivity index (χ4n) is 2.18. The third-order valence-corrected chi connectivity index (χ3v) is 4.13. The van der Waals surface area contributed by atoms with Crippen LogP contribution in [-0.4, -0.2) is 22.0 Å². The fraction of sp³-hybridized carbons (Fsp3) is 0.500. The first-order valence-corrected chi connectivity index (χ1v) is 6.83. The molecule has 0 spiro atoms. The van der Waals surface area contributed by atoms with E-state index in [1.54, 1.807) is 0 Å². The molecule has 0 atom stereocenters. The number of nitriles is 1. The van der Waals surface area contributed by atoms with Crippen molar-refractivity contribution >= 4 is 23.2 Å². The molecule has 1 saturated carbocycles. The Hall–Kier alpha value is -1.94. The van der Waals surface area contributed by atoms with Crippen molar-refractivity contribution < 1.29 is 14.7 Å². The zero-order valence-corrected chi connectivity index (χ0v) is 11.0. The summed E-state index contributed by atoms with van der Waals surface area (Å²) >= 11 is 1.18. The second-order valence-corrected chi connectivity index (χ2v) is 5.46. The van der Waals surface area contributed by atoms with Crippen molar-refractivity contribution in [3.63, 3.8) is 0 Å². The summed E-state index contributed by atoms with van der Waals surface area (Å²) in [5, 5.41) is 22.5. The lowest BCUT2D eigenvalue weighted by Gasteiger charge is -2.18. The van der Waals surface area contributed by atoms with E-state index in [1.807, 2.05) is 0 Å². The van der Waals surface area contributed by atoms with Crippen molar-refractivity contribution in [2.75, 3.05) is 0 Å². The van der Waals surface area contributed by atoms with Crippen molar-refractivity contribution in [2.45, 2.75) is 32.2 Å². The van der Waals surface area contributed by atoms with Crippen molar-refractivity contribution in [2.24, 2.45) is 5.41 Å². The number of hydrogen-bond acceptors (Lipinski definition) is 5. The van der Waals surface area contributed by atoms with Crippen LogP contribution in [0.5, 0.6) is 0 Å². The minimum Gasteiger partial charge on any atom is -0.476 e. The van der Waals surface area contributed by atoms with Crippen LogP contribution in [0.15, 0.2) is 5.38 Å². The maximum absolute atomic E-state index is 12.0. The third kappa shape index (κ3) is 2.74. The first kappa shape index (κ1) is 13.5. The summed E-state index contributed by atoms with van der Waals surface area (Å²) in [5.41, 5.74) is -0.933. The second-order valence-electron chi connectivity index (χ2n) is 4.52. The van der Waals surface area contributed by atoms with E-state index in [9.17, 15) is 9.59 Å². The predicted octanol–water partition coefficient (Wildman–Crippen LogP) is 1.54. The van der Waals surface area contributed by atoms with Crippen molar-refractivity contribution in [3.05, 3.63) is 16.1 Å². The van der Waals surface area contributed by atoms with Gasteiger partial charge in [0.25, 0.3) is 0 Å². The van der Waals surface area contributed by atoms with Crippen LogP contribution in [0.2, 0.25) is 0 Å². The van der Waals surface area contributed by atoms with Gasteiger partial charge in [-0.3, -0.25) is 4.79 Å². The molecule has 1 heterocycles. The first-order chi connectivity index (χ1) is 9.07. The third-order valence-electron chi connectivity index (χ3n) is 3.28. The lowest BCUT2D eigenvalue weighted by Crippen LogP contribution is -2.37. The highest BCUT2D eigenvalue weighted by Gasteiger charge is 2.41. The highest BCUT2D eigenvalue weighted by molar-refractivity contribution is 7.09. The lowest BCUT2D eigenvalue weighted by atomic mass is 9.87. The fourth-order valence-corrected chi connectivity index (χ4v) is 2.89. The summed E-state index contributed by atoms with van der Waals surface area (Å²) in [6.45, 7) is 0.167. The summed E-state index contributed by atoms with van der Waals surface area (Å²) in [7, 11) is 0. The summed E-state index contributed by atoms with van der Waals surface area (Å²) in [6.07, 6.45) is 2.96. The number of thiazole rings is 1. The molecule has 19 heavy (non-hydrogen) atoms. The Labute approximate surface area is 114 Å². The first-order valence-electron chi connectivity index (χ1n) is 5.95. The Morgan fingerprint density at radius 2 is 2.21 bits per heavy atom. The van der Waals surface area contributed by atoms with Gasteiger partial charge in [-0.05, 0) is 12.8 Å². The van der Waals surface area contributed by atoms with Crippen molar-refractivity contribution in [1.82, 2.24) is 10.3 Å². The minimum atomic E-state index is -1.09. The number of carbonyl (C=O) groups excluding carboxylic acids is 1. The Kier molecular flexibility index (Phi) is 3.81. The van der Waals surface area contributed by atoms with Crippen LogP contribution >= 0.6 is 11.3 Å². The molecule has 0 radical (unpaired) electrons. The minimum absolute atomic E-state index is 0.0230. The van der Waals surface area contributed by atoms with Crippen molar-refractivity contribution in [3.8, 4) is 6.07 Å². The smallest absolute Gasteiger partial charge is 0.355 e. The molecule has 0 bridgehead atoms. The highest BCUT2D eigenvalue weighted by Crippen LogP contribution is 2.37. The maximum Gasteiger partial charge on any atom is 0.355 e. The van der Waals surface area contributed by atoms with Crippen LogP contribution in [0.4, 0.5) is 0 Å². The van der Waals surface area contributed by atoms with Gasteiger partial charge in [-0.1, -0.05) is 12.8 Å². The number of nitrogens with zero attached hydrogens (tertiary/aromatic N) is 2. The van der Waals surface area contributed by atoms with Crippen LogP contribution in [-0.2, 0) is 11.3 Å². The number of carboxylic acid groups (broad SMARTS) is 1. The Morgan fingerprint density at radius 1 is 1.53 bits per heavy atom. The molecule has 0 aliphatic heterocycles. The monoisotopic (exact) mass is 279 g/mol. The molecule has 2 rings (SSSR count). The van der Waals surface area contributed by atoms with Crippen molar-refractivity contribution in [1.29, 1.82) is 5.26 Å². The molecule has 1 aliphatic rings. The lowest BCUT2D eigenvalue weighted by molar-refractivity contribution is -0.128. The number of amides is 1. The Bertz CT molecular complexity index is 541. The Morgan fingerprint density at radius 3 is 2.74 bits per heavy atom. The molecule has 1 aromatic heterocycles. The van der Waals surface area contributed by atoms with Crippen LogP contribution in [0.3, 0.4) is 0 Å². The van der Waals surface area contributed by atoms with Gasteiger partial charge in [0.05, 0.1) is 12.6 Å². The molecular formula is C12H13N3O3S. The van der Waals surface area contributed by atoms with Gasteiger partial charge in [0, 0.05) is 5.38 Å². The van der Waals surface area contributed by atoms with E-state index in [2.05, 4.69) is 16.4 Å². The highest BCUT2D eigenvalue weighted by atomic mass is 32.1. The van der Waals surface area contributed by atoms with E-state index < -0.39 is 11.4 Å². The van der Waals surface area contributed by atoms with Gasteiger partial charge in [-0.15, -0.1) is 11.3 Å². The van der Waals surface area contributed by atoms with Gasteiger partial charge in [-0.25, -0.2) is 9.78 Å². The molecular weight excluding hydrogens is 266 g/mol. The van der Waals surface area contributed by atoms with E-state index in [-0.39, 0.29) is 18.1 Å². The number of aromatic carboxylic acids is 1. The molecule has 1 aliphatic carbocycles. The van der Waals surface area contributed by atoms with E-state index >= 15 is 0 Å². The molecule has 1 fully saturated rings.